The lowest BCUT2D eigenvalue weighted by molar-refractivity contribution is -0.121. The molecule has 4 rings (SSSR count). The van der Waals surface area contributed by atoms with Gasteiger partial charge in [0.15, 0.2) is 5.82 Å². The Balaban J connectivity index is 0.000000354. The molecular weight excluding hydrogens is 523 g/mol. The minimum Gasteiger partial charge on any atom is -0.349 e. The molecule has 6 heteroatoms. The molecular formula is C36H57FN4O. The van der Waals surface area contributed by atoms with Crippen molar-refractivity contribution in [2.24, 2.45) is 0 Å². The molecule has 1 fully saturated rings. The Morgan fingerprint density at radius 3 is 2.43 bits per heavy atom. The van der Waals surface area contributed by atoms with Crippen LogP contribution in [0, 0.1) is 5.82 Å². The lowest BCUT2D eigenvalue weighted by atomic mass is 10.0. The van der Waals surface area contributed by atoms with Gasteiger partial charge in [0.05, 0.1) is 11.6 Å². The summed E-state index contributed by atoms with van der Waals surface area (Å²) in [5.74, 6) is 0.735. The number of carbonyl (C=O) groups is 1. The number of piperidine rings is 1. The fourth-order valence-electron chi connectivity index (χ4n) is 4.54. The number of nitrogens with zero attached hydrogens (tertiary/aromatic N) is 2. The van der Waals surface area contributed by atoms with Crippen LogP contribution in [0.25, 0.3) is 11.0 Å². The average molecular weight is 581 g/mol. The van der Waals surface area contributed by atoms with Gasteiger partial charge >= 0.3 is 0 Å². The maximum atomic E-state index is 13.5. The summed E-state index contributed by atoms with van der Waals surface area (Å²) in [5.41, 5.74) is 3.50. The molecule has 1 aromatic carbocycles. The number of benzene rings is 1. The second-order valence-corrected chi connectivity index (χ2v) is 10.7. The minimum atomic E-state index is -0.243. The van der Waals surface area contributed by atoms with Crippen LogP contribution >= 0.6 is 0 Å². The summed E-state index contributed by atoms with van der Waals surface area (Å²) in [5, 5.41) is 3.00. The van der Waals surface area contributed by atoms with Crippen LogP contribution in [0.3, 0.4) is 0 Å². The van der Waals surface area contributed by atoms with E-state index in [1.807, 2.05) is 32.9 Å². The molecule has 0 spiro atoms. The summed E-state index contributed by atoms with van der Waals surface area (Å²) >= 11 is 0. The van der Waals surface area contributed by atoms with Crippen LogP contribution in [0.15, 0.2) is 66.8 Å². The van der Waals surface area contributed by atoms with Gasteiger partial charge in [-0.2, -0.15) is 0 Å². The van der Waals surface area contributed by atoms with E-state index >= 15 is 0 Å². The summed E-state index contributed by atoms with van der Waals surface area (Å²) in [6.07, 6.45) is 20.1. The van der Waals surface area contributed by atoms with E-state index in [1.165, 1.54) is 56.8 Å². The number of unbranched alkanes of at least 4 members (excludes halogenated alkanes) is 1. The molecule has 0 radical (unpaired) electrons. The largest absolute Gasteiger partial charge is 0.349 e. The van der Waals surface area contributed by atoms with Gasteiger partial charge in [-0.25, -0.2) is 9.37 Å². The molecule has 0 saturated carbocycles. The van der Waals surface area contributed by atoms with Gasteiger partial charge in [-0.3, -0.25) is 4.79 Å². The number of aromatic amines is 1. The molecule has 1 aliphatic carbocycles. The zero-order valence-electron chi connectivity index (χ0n) is 27.1. The number of amides is 1. The molecule has 5 nitrogen and oxygen atoms in total. The van der Waals surface area contributed by atoms with Crippen LogP contribution in [0.4, 0.5) is 4.39 Å². The number of hydrogen-bond acceptors (Lipinski definition) is 3. The topological polar surface area (TPSA) is 61.0 Å². The van der Waals surface area contributed by atoms with Gasteiger partial charge in [0.1, 0.15) is 11.3 Å². The Labute approximate surface area is 255 Å². The first-order valence-corrected chi connectivity index (χ1v) is 16.1. The van der Waals surface area contributed by atoms with Gasteiger partial charge in [0, 0.05) is 19.4 Å². The number of fused-ring (bicyclic) bond motifs is 1. The molecule has 2 heterocycles. The zero-order chi connectivity index (χ0) is 31.2. The van der Waals surface area contributed by atoms with Crippen molar-refractivity contribution in [3.8, 4) is 0 Å². The summed E-state index contributed by atoms with van der Waals surface area (Å²) in [4.78, 5) is 21.8. The molecule has 2 aliphatic rings. The average Bonchev–Trinajstić information content (AvgIpc) is 3.46. The first-order valence-electron chi connectivity index (χ1n) is 16.1. The second kappa shape index (κ2) is 22.6. The van der Waals surface area contributed by atoms with Crippen molar-refractivity contribution in [2.45, 2.75) is 111 Å². The van der Waals surface area contributed by atoms with Crippen molar-refractivity contribution in [3.05, 3.63) is 78.4 Å². The highest BCUT2D eigenvalue weighted by atomic mass is 19.1. The lowest BCUT2D eigenvalue weighted by Gasteiger charge is -2.25. The number of hydrogen-bond donors (Lipinski definition) is 2. The Morgan fingerprint density at radius 1 is 1.14 bits per heavy atom. The number of rotatable bonds is 11. The van der Waals surface area contributed by atoms with Crippen LogP contribution < -0.4 is 5.32 Å². The summed E-state index contributed by atoms with van der Waals surface area (Å²) in [6.45, 7) is 21.3. The number of nitrogens with one attached hydrogen (secondary N) is 2. The van der Waals surface area contributed by atoms with Crippen LogP contribution in [-0.2, 0) is 11.2 Å². The molecule has 42 heavy (non-hydrogen) atoms. The zero-order valence-corrected chi connectivity index (χ0v) is 27.1. The van der Waals surface area contributed by atoms with Crippen molar-refractivity contribution in [1.29, 1.82) is 0 Å². The van der Waals surface area contributed by atoms with Crippen LogP contribution in [0.5, 0.6) is 0 Å². The Bertz CT molecular complexity index is 1110. The van der Waals surface area contributed by atoms with E-state index in [0.717, 1.165) is 55.6 Å². The van der Waals surface area contributed by atoms with Crippen molar-refractivity contribution in [3.63, 3.8) is 0 Å². The fourth-order valence-corrected chi connectivity index (χ4v) is 4.54. The van der Waals surface area contributed by atoms with Crippen molar-refractivity contribution >= 4 is 16.9 Å². The summed E-state index contributed by atoms with van der Waals surface area (Å²) in [6, 6.07) is 5.06. The number of allylic oxidation sites excluding steroid dienone is 4. The fraction of sp³-hybridized carbons (Fsp3) is 0.556. The molecule has 1 aromatic heterocycles. The molecule has 1 saturated heterocycles. The van der Waals surface area contributed by atoms with Crippen molar-refractivity contribution < 1.29 is 9.18 Å². The third-order valence-electron chi connectivity index (χ3n) is 7.17. The maximum Gasteiger partial charge on any atom is 0.220 e. The van der Waals surface area contributed by atoms with E-state index in [0.29, 0.717) is 11.9 Å². The number of halogens is 1. The van der Waals surface area contributed by atoms with Crippen LogP contribution in [0.2, 0.25) is 0 Å². The minimum absolute atomic E-state index is 0.0193. The highest BCUT2D eigenvalue weighted by Gasteiger charge is 2.13. The molecule has 1 amide bonds. The Hall–Kier alpha value is -2.99. The van der Waals surface area contributed by atoms with E-state index < -0.39 is 0 Å². The number of carbonyl (C=O) groups excluding carboxylic acids is 1. The number of imidazole rings is 1. The highest BCUT2D eigenvalue weighted by Crippen LogP contribution is 2.17. The molecule has 2 aromatic rings. The summed E-state index contributed by atoms with van der Waals surface area (Å²) in [7, 11) is 0. The van der Waals surface area contributed by atoms with Crippen molar-refractivity contribution in [2.75, 3.05) is 19.6 Å². The van der Waals surface area contributed by atoms with E-state index in [1.54, 1.807) is 6.07 Å². The highest BCUT2D eigenvalue weighted by molar-refractivity contribution is 5.77. The number of likely N-dealkylation sites (tertiary alicyclic amines) is 1. The molecule has 2 N–H and O–H groups in total. The van der Waals surface area contributed by atoms with Gasteiger partial charge in [-0.15, -0.1) is 6.58 Å². The quantitative estimate of drug-likeness (QED) is 0.260. The van der Waals surface area contributed by atoms with E-state index in [-0.39, 0.29) is 17.8 Å². The van der Waals surface area contributed by atoms with E-state index in [2.05, 4.69) is 65.4 Å². The third-order valence-corrected chi connectivity index (χ3v) is 7.17. The number of para-hydroxylation sites is 1. The molecule has 234 valence electrons. The molecule has 0 bridgehead atoms. The van der Waals surface area contributed by atoms with Crippen LogP contribution in [-0.4, -0.2) is 46.5 Å². The Kier molecular flexibility index (Phi) is 19.9. The standard InChI is InChI=1S/C16H23NO.C14H18FN3.C4H10.C2H6/c1-4-8-15(13(2)3)17-16(18)12-11-14-9-6-5-7-10-14;15-11-5-4-6-12-14(11)17-13(16-12)7-10-18-8-2-1-3-9-18;1-3-4-2;1-2/h4,6,9-10,15H,1-2,5,7-8,11-12H2,3H3,(H,17,18);4-6H,1-3,7-10H2,(H,16,17);3-4H2,1-2H3;1-2H3. The first kappa shape index (κ1) is 37.0. The molecule has 1 aliphatic heterocycles. The van der Waals surface area contributed by atoms with E-state index in [4.69, 9.17) is 0 Å². The molecule has 1 unspecified atom stereocenters. The normalized spacial score (nSPS) is 15.0. The van der Waals surface area contributed by atoms with Gasteiger partial charge in [0.25, 0.3) is 0 Å². The van der Waals surface area contributed by atoms with Crippen LogP contribution in [0.1, 0.15) is 105 Å². The second-order valence-electron chi connectivity index (χ2n) is 10.7. The first-order chi connectivity index (χ1) is 20.4. The lowest BCUT2D eigenvalue weighted by Crippen LogP contribution is -2.35. The predicted octanol–water partition coefficient (Wildman–Crippen LogP) is 9.24. The molecule has 1 atom stereocenters. The van der Waals surface area contributed by atoms with Crippen molar-refractivity contribution in [1.82, 2.24) is 20.2 Å². The number of H-pyrrole nitrogens is 1. The smallest absolute Gasteiger partial charge is 0.220 e. The maximum absolute atomic E-state index is 13.5. The summed E-state index contributed by atoms with van der Waals surface area (Å²) < 4.78 is 13.5. The SMILES string of the molecule is C=CCC(NC(=O)CCC1=CCCC=C1)C(=C)C.CC.CCCC.Fc1cccc2[nH]c(CCN3CCCCC3)nc12. The number of aromatic nitrogens is 2. The third kappa shape index (κ3) is 14.8. The predicted molar refractivity (Wildman–Crippen MR) is 179 cm³/mol. The Morgan fingerprint density at radius 2 is 1.86 bits per heavy atom. The van der Waals surface area contributed by atoms with Gasteiger partial charge in [-0.1, -0.05) is 95.1 Å². The van der Waals surface area contributed by atoms with Gasteiger partial charge in [0.2, 0.25) is 5.91 Å². The van der Waals surface area contributed by atoms with Gasteiger partial charge < -0.3 is 15.2 Å². The van der Waals surface area contributed by atoms with E-state index in [9.17, 15) is 9.18 Å². The monoisotopic (exact) mass is 580 g/mol. The van der Waals surface area contributed by atoms with Gasteiger partial charge in [-0.05, 0) is 70.7 Å².